The van der Waals surface area contributed by atoms with Gasteiger partial charge in [-0.1, -0.05) is 55.8 Å². The van der Waals surface area contributed by atoms with Crippen molar-refractivity contribution in [3.05, 3.63) is 29.3 Å². The average molecular weight is 399 g/mol. The maximum atomic E-state index is 12.6. The minimum atomic E-state index is -3.55. The first-order valence-electron chi connectivity index (χ1n) is 9.51. The van der Waals surface area contributed by atoms with E-state index in [0.717, 1.165) is 25.7 Å². The van der Waals surface area contributed by atoms with Crippen LogP contribution in [0.15, 0.2) is 29.2 Å². The third kappa shape index (κ3) is 4.59. The molecule has 1 heterocycles. The summed E-state index contributed by atoms with van der Waals surface area (Å²) in [5, 5.41) is 3.28. The van der Waals surface area contributed by atoms with Gasteiger partial charge in [-0.25, -0.2) is 8.42 Å². The molecule has 1 N–H and O–H groups in total. The third-order valence-electron chi connectivity index (χ3n) is 5.42. The number of amides is 1. The van der Waals surface area contributed by atoms with E-state index < -0.39 is 10.0 Å². The molecule has 0 spiro atoms. The Morgan fingerprint density at radius 1 is 1.08 bits per heavy atom. The van der Waals surface area contributed by atoms with E-state index in [1.165, 1.54) is 29.6 Å². The predicted molar refractivity (Wildman–Crippen MR) is 103 cm³/mol. The van der Waals surface area contributed by atoms with Gasteiger partial charge in [0.2, 0.25) is 15.9 Å². The van der Waals surface area contributed by atoms with E-state index >= 15 is 0 Å². The molecule has 0 atom stereocenters. The van der Waals surface area contributed by atoms with E-state index in [4.69, 9.17) is 11.6 Å². The van der Waals surface area contributed by atoms with Crippen molar-refractivity contribution >= 4 is 27.5 Å². The Kier molecular flexibility index (Phi) is 6.59. The highest BCUT2D eigenvalue weighted by molar-refractivity contribution is 7.89. The van der Waals surface area contributed by atoms with Crippen LogP contribution in [0.1, 0.15) is 44.9 Å². The van der Waals surface area contributed by atoms with Gasteiger partial charge in [0.15, 0.2) is 0 Å². The number of hydrogen-bond donors (Lipinski definition) is 1. The van der Waals surface area contributed by atoms with E-state index in [1.807, 2.05) is 0 Å². The van der Waals surface area contributed by atoms with Gasteiger partial charge in [-0.2, -0.15) is 4.31 Å². The molecule has 0 unspecified atom stereocenters. The van der Waals surface area contributed by atoms with Crippen LogP contribution in [0.5, 0.6) is 0 Å². The van der Waals surface area contributed by atoms with Crippen molar-refractivity contribution in [2.75, 3.05) is 19.6 Å². The van der Waals surface area contributed by atoms with Gasteiger partial charge in [-0.05, 0) is 25.0 Å². The molecule has 144 valence electrons. The highest BCUT2D eigenvalue weighted by atomic mass is 35.5. The van der Waals surface area contributed by atoms with Gasteiger partial charge in [-0.3, -0.25) is 4.79 Å². The number of halogens is 1. The van der Waals surface area contributed by atoms with Gasteiger partial charge in [0.25, 0.3) is 0 Å². The Hall–Kier alpha value is -1.11. The summed E-state index contributed by atoms with van der Waals surface area (Å²) in [6, 6.07) is 6.50. The molecule has 2 fully saturated rings. The van der Waals surface area contributed by atoms with E-state index in [9.17, 15) is 13.2 Å². The van der Waals surface area contributed by atoms with Crippen molar-refractivity contribution in [3.63, 3.8) is 0 Å². The van der Waals surface area contributed by atoms with Gasteiger partial charge in [-0.15, -0.1) is 0 Å². The lowest BCUT2D eigenvalue weighted by atomic mass is 9.90. The lowest BCUT2D eigenvalue weighted by Gasteiger charge is -2.38. The Bertz CT molecular complexity index is 724. The molecule has 1 saturated carbocycles. The van der Waals surface area contributed by atoms with Crippen LogP contribution >= 0.6 is 11.6 Å². The fourth-order valence-electron chi connectivity index (χ4n) is 3.75. The Balaban J connectivity index is 1.46. The second kappa shape index (κ2) is 8.72. The molecule has 0 aromatic heterocycles. The summed E-state index contributed by atoms with van der Waals surface area (Å²) in [4.78, 5) is 12.5. The summed E-state index contributed by atoms with van der Waals surface area (Å²) in [7, 11) is -3.55. The molecule has 3 rings (SSSR count). The first kappa shape index (κ1) is 19.6. The van der Waals surface area contributed by atoms with Crippen molar-refractivity contribution in [2.45, 2.75) is 49.8 Å². The largest absolute Gasteiger partial charge is 0.355 e. The number of rotatable bonds is 5. The summed E-state index contributed by atoms with van der Waals surface area (Å²) in [5.74, 6) is 0.433. The Labute approximate surface area is 161 Å². The van der Waals surface area contributed by atoms with Gasteiger partial charge in [0.05, 0.1) is 5.02 Å². The highest BCUT2D eigenvalue weighted by Crippen LogP contribution is 2.29. The third-order valence-corrected chi connectivity index (χ3v) is 7.75. The molecule has 5 nitrogen and oxygen atoms in total. The number of nitrogens with zero attached hydrogens (tertiary/aromatic N) is 1. The number of benzene rings is 1. The van der Waals surface area contributed by atoms with Crippen LogP contribution in [0.2, 0.25) is 5.02 Å². The summed E-state index contributed by atoms with van der Waals surface area (Å²) >= 11 is 6.02. The topological polar surface area (TPSA) is 66.5 Å². The van der Waals surface area contributed by atoms with Crippen molar-refractivity contribution in [2.24, 2.45) is 11.8 Å². The van der Waals surface area contributed by atoms with Crippen LogP contribution in [0.25, 0.3) is 0 Å². The molecule has 1 amide bonds. The van der Waals surface area contributed by atoms with Crippen LogP contribution in [-0.4, -0.2) is 38.3 Å². The van der Waals surface area contributed by atoms with Gasteiger partial charge in [0, 0.05) is 31.5 Å². The van der Waals surface area contributed by atoms with Crippen molar-refractivity contribution in [3.8, 4) is 0 Å². The van der Waals surface area contributed by atoms with E-state index in [2.05, 4.69) is 5.32 Å². The normalized spacial score (nSPS) is 20.8. The summed E-state index contributed by atoms with van der Waals surface area (Å²) in [6.07, 6.45) is 7.94. The SMILES string of the molecule is O=C(NCC1CN(S(=O)(=O)c2ccccc2Cl)C1)C1CCCCCCC1. The van der Waals surface area contributed by atoms with Crippen molar-refractivity contribution in [1.82, 2.24) is 9.62 Å². The van der Waals surface area contributed by atoms with Crippen molar-refractivity contribution < 1.29 is 13.2 Å². The molecular weight excluding hydrogens is 372 g/mol. The summed E-state index contributed by atoms with van der Waals surface area (Å²) < 4.78 is 26.6. The lowest BCUT2D eigenvalue weighted by Crippen LogP contribution is -2.54. The fraction of sp³-hybridized carbons (Fsp3) is 0.632. The lowest BCUT2D eigenvalue weighted by molar-refractivity contribution is -0.126. The van der Waals surface area contributed by atoms with Gasteiger partial charge >= 0.3 is 0 Å². The number of carbonyl (C=O) groups excluding carboxylic acids is 1. The first-order chi connectivity index (χ1) is 12.5. The number of carbonyl (C=O) groups is 1. The molecule has 7 heteroatoms. The van der Waals surface area contributed by atoms with Crippen LogP contribution in [0, 0.1) is 11.8 Å². The second-order valence-corrected chi connectivity index (χ2v) is 9.72. The fourth-order valence-corrected chi connectivity index (χ4v) is 5.83. The predicted octanol–water partition coefficient (Wildman–Crippen LogP) is 3.44. The minimum Gasteiger partial charge on any atom is -0.355 e. The summed E-state index contributed by atoms with van der Waals surface area (Å²) in [5.41, 5.74) is 0. The van der Waals surface area contributed by atoms with E-state index in [-0.39, 0.29) is 27.7 Å². The standard InChI is InChI=1S/C19H27ClN2O3S/c20-17-10-6-7-11-18(17)26(24,25)22-13-15(14-22)12-21-19(23)16-8-4-2-1-3-5-9-16/h6-7,10-11,15-16H,1-5,8-9,12-14H2,(H,21,23). The molecule has 1 aliphatic heterocycles. The highest BCUT2D eigenvalue weighted by Gasteiger charge is 2.37. The average Bonchev–Trinajstić information content (AvgIpc) is 2.52. The van der Waals surface area contributed by atoms with E-state index in [0.29, 0.717) is 19.6 Å². The zero-order chi connectivity index (χ0) is 18.6. The van der Waals surface area contributed by atoms with Gasteiger partial charge in [0.1, 0.15) is 4.90 Å². The Morgan fingerprint density at radius 2 is 1.69 bits per heavy atom. The van der Waals surface area contributed by atoms with Crippen LogP contribution in [-0.2, 0) is 14.8 Å². The number of sulfonamides is 1. The van der Waals surface area contributed by atoms with Crippen molar-refractivity contribution in [1.29, 1.82) is 0 Å². The maximum absolute atomic E-state index is 12.6. The molecule has 1 aliphatic carbocycles. The molecule has 1 aromatic rings. The van der Waals surface area contributed by atoms with E-state index in [1.54, 1.807) is 18.2 Å². The van der Waals surface area contributed by atoms with Crippen LogP contribution in [0.4, 0.5) is 0 Å². The van der Waals surface area contributed by atoms with Crippen LogP contribution in [0.3, 0.4) is 0 Å². The number of nitrogens with one attached hydrogen (secondary N) is 1. The summed E-state index contributed by atoms with van der Waals surface area (Å²) in [6.45, 7) is 1.40. The zero-order valence-electron chi connectivity index (χ0n) is 15.0. The Morgan fingerprint density at radius 3 is 2.35 bits per heavy atom. The quantitative estimate of drug-likeness (QED) is 0.826. The molecule has 26 heavy (non-hydrogen) atoms. The number of hydrogen-bond acceptors (Lipinski definition) is 3. The first-order valence-corrected chi connectivity index (χ1v) is 11.3. The maximum Gasteiger partial charge on any atom is 0.244 e. The molecule has 1 aromatic carbocycles. The molecule has 0 bridgehead atoms. The molecule has 2 aliphatic rings. The van der Waals surface area contributed by atoms with Gasteiger partial charge < -0.3 is 5.32 Å². The molecule has 1 saturated heterocycles. The monoisotopic (exact) mass is 398 g/mol. The molecular formula is C19H27ClN2O3S. The molecule has 0 radical (unpaired) electrons. The van der Waals surface area contributed by atoms with Crippen LogP contribution < -0.4 is 5.32 Å². The smallest absolute Gasteiger partial charge is 0.244 e. The minimum absolute atomic E-state index is 0.123. The second-order valence-electron chi connectivity index (χ2n) is 7.41. The zero-order valence-corrected chi connectivity index (χ0v) is 16.6.